The average Bonchev–Trinajstić information content (AvgIpc) is 3.27. The molecule has 23 heavy (non-hydrogen) atoms. The Kier molecular flexibility index (Phi) is 4.46. The highest BCUT2D eigenvalue weighted by molar-refractivity contribution is 5.77. The molecular formula is C18H23N3O2. The molecule has 1 aromatic heterocycles. The van der Waals surface area contributed by atoms with E-state index in [1.807, 2.05) is 18.2 Å². The molecule has 1 aliphatic carbocycles. The third kappa shape index (κ3) is 3.78. The zero-order chi connectivity index (χ0) is 16.4. The average molecular weight is 313 g/mol. The van der Waals surface area contributed by atoms with E-state index in [1.54, 1.807) is 6.07 Å². The molecule has 0 unspecified atom stereocenters. The van der Waals surface area contributed by atoms with Gasteiger partial charge >= 0.3 is 0 Å². The summed E-state index contributed by atoms with van der Waals surface area (Å²) in [5, 5.41) is 3.68. The Morgan fingerprint density at radius 1 is 1.39 bits per heavy atom. The summed E-state index contributed by atoms with van der Waals surface area (Å²) < 4.78 is 0. The lowest BCUT2D eigenvalue weighted by Crippen LogP contribution is -2.27. The number of aromatic amines is 1. The van der Waals surface area contributed by atoms with E-state index in [0.29, 0.717) is 53.9 Å². The number of hydrogen-bond acceptors (Lipinski definition) is 3. The van der Waals surface area contributed by atoms with Crippen molar-refractivity contribution in [2.45, 2.75) is 45.6 Å². The maximum absolute atomic E-state index is 12.0. The minimum atomic E-state index is -0.118. The van der Waals surface area contributed by atoms with E-state index in [0.717, 1.165) is 6.42 Å². The number of aryl methyl sites for hydroxylation is 1. The molecule has 0 saturated heterocycles. The van der Waals surface area contributed by atoms with E-state index in [4.69, 9.17) is 0 Å². The Morgan fingerprint density at radius 3 is 2.91 bits per heavy atom. The molecule has 1 fully saturated rings. The van der Waals surface area contributed by atoms with Gasteiger partial charge in [0.2, 0.25) is 5.91 Å². The first-order valence-electron chi connectivity index (χ1n) is 8.32. The lowest BCUT2D eigenvalue weighted by molar-refractivity contribution is -0.121. The number of nitrogens with zero attached hydrogens (tertiary/aromatic N) is 1. The number of benzene rings is 1. The van der Waals surface area contributed by atoms with Crippen LogP contribution in [-0.4, -0.2) is 21.9 Å². The molecule has 0 spiro atoms. The first-order valence-corrected chi connectivity index (χ1v) is 8.32. The van der Waals surface area contributed by atoms with Gasteiger partial charge in [0.05, 0.1) is 10.9 Å². The fraction of sp³-hybridized carbons (Fsp3) is 0.500. The third-order valence-corrected chi connectivity index (χ3v) is 4.52. The molecular weight excluding hydrogens is 290 g/mol. The molecule has 0 bridgehead atoms. The number of nitrogens with one attached hydrogen (secondary N) is 2. The Balaban J connectivity index is 1.51. The van der Waals surface area contributed by atoms with Gasteiger partial charge in [-0.2, -0.15) is 0 Å². The minimum Gasteiger partial charge on any atom is -0.353 e. The van der Waals surface area contributed by atoms with Gasteiger partial charge in [-0.1, -0.05) is 26.0 Å². The monoisotopic (exact) mass is 313 g/mol. The zero-order valence-electron chi connectivity index (χ0n) is 13.6. The number of aromatic nitrogens is 2. The van der Waals surface area contributed by atoms with Crippen LogP contribution < -0.4 is 10.9 Å². The van der Waals surface area contributed by atoms with Crippen molar-refractivity contribution in [3.63, 3.8) is 0 Å². The molecule has 3 rings (SSSR count). The van der Waals surface area contributed by atoms with Crippen LogP contribution in [0.25, 0.3) is 10.9 Å². The van der Waals surface area contributed by atoms with Gasteiger partial charge < -0.3 is 10.3 Å². The maximum Gasteiger partial charge on any atom is 0.258 e. The number of carbonyl (C=O) groups excluding carboxylic acids is 1. The predicted octanol–water partition coefficient (Wildman–Crippen LogP) is 2.41. The summed E-state index contributed by atoms with van der Waals surface area (Å²) in [6.07, 6.45) is 2.86. The first kappa shape index (κ1) is 15.7. The third-order valence-electron chi connectivity index (χ3n) is 4.52. The Labute approximate surface area is 135 Å². The quantitative estimate of drug-likeness (QED) is 0.860. The molecule has 122 valence electrons. The number of rotatable bonds is 6. The van der Waals surface area contributed by atoms with Crippen molar-refractivity contribution in [3.05, 3.63) is 40.4 Å². The van der Waals surface area contributed by atoms with Gasteiger partial charge in [0, 0.05) is 18.9 Å². The Morgan fingerprint density at radius 2 is 2.17 bits per heavy atom. The number of fused-ring (bicyclic) bond motifs is 1. The first-order chi connectivity index (χ1) is 11.0. The summed E-state index contributed by atoms with van der Waals surface area (Å²) in [5.74, 6) is 2.01. The second-order valence-corrected chi connectivity index (χ2v) is 6.70. The highest BCUT2D eigenvalue weighted by Gasteiger charge is 2.39. The van der Waals surface area contributed by atoms with Crippen molar-refractivity contribution in [1.29, 1.82) is 0 Å². The van der Waals surface area contributed by atoms with Gasteiger partial charge in [0.15, 0.2) is 0 Å². The van der Waals surface area contributed by atoms with Crippen molar-refractivity contribution in [1.82, 2.24) is 15.3 Å². The Bertz CT molecular complexity index is 766. The predicted molar refractivity (Wildman–Crippen MR) is 90.2 cm³/mol. The van der Waals surface area contributed by atoms with Crippen LogP contribution in [0, 0.1) is 11.8 Å². The van der Waals surface area contributed by atoms with Gasteiger partial charge in [0.1, 0.15) is 5.82 Å². The van der Waals surface area contributed by atoms with Crippen LogP contribution in [0.5, 0.6) is 0 Å². The van der Waals surface area contributed by atoms with E-state index in [9.17, 15) is 9.59 Å². The summed E-state index contributed by atoms with van der Waals surface area (Å²) >= 11 is 0. The molecule has 1 saturated carbocycles. The molecule has 0 radical (unpaired) electrons. The molecule has 1 amide bonds. The van der Waals surface area contributed by atoms with Gasteiger partial charge in [-0.15, -0.1) is 0 Å². The second-order valence-electron chi connectivity index (χ2n) is 6.70. The van der Waals surface area contributed by atoms with Crippen molar-refractivity contribution < 1.29 is 4.79 Å². The van der Waals surface area contributed by atoms with Crippen LogP contribution in [0.1, 0.15) is 38.9 Å². The highest BCUT2D eigenvalue weighted by atomic mass is 16.1. The van der Waals surface area contributed by atoms with Gasteiger partial charge in [-0.25, -0.2) is 4.98 Å². The van der Waals surface area contributed by atoms with E-state index in [-0.39, 0.29) is 11.5 Å². The molecule has 2 atom stereocenters. The number of carbonyl (C=O) groups is 1. The van der Waals surface area contributed by atoms with Crippen LogP contribution in [0.4, 0.5) is 0 Å². The molecule has 5 heteroatoms. The maximum atomic E-state index is 12.0. The van der Waals surface area contributed by atoms with Crippen molar-refractivity contribution >= 4 is 16.8 Å². The summed E-state index contributed by atoms with van der Waals surface area (Å²) in [6, 6.07) is 7.65. The van der Waals surface area contributed by atoms with Crippen molar-refractivity contribution in [2.75, 3.05) is 0 Å². The fourth-order valence-electron chi connectivity index (χ4n) is 3.07. The summed E-state index contributed by atoms with van der Waals surface area (Å²) in [6.45, 7) is 4.39. The number of para-hydroxylation sites is 1. The fourth-order valence-corrected chi connectivity index (χ4v) is 3.07. The summed E-state index contributed by atoms with van der Waals surface area (Å²) in [7, 11) is 0. The lowest BCUT2D eigenvalue weighted by Gasteiger charge is -2.06. The molecule has 1 heterocycles. The van der Waals surface area contributed by atoms with Gasteiger partial charge in [0.25, 0.3) is 5.56 Å². The van der Waals surface area contributed by atoms with Crippen molar-refractivity contribution in [2.24, 2.45) is 11.8 Å². The molecule has 1 aromatic carbocycles. The summed E-state index contributed by atoms with van der Waals surface area (Å²) in [5.41, 5.74) is 0.585. The van der Waals surface area contributed by atoms with Gasteiger partial charge in [-0.3, -0.25) is 9.59 Å². The smallest absolute Gasteiger partial charge is 0.258 e. The molecule has 1 aliphatic rings. The molecule has 5 nitrogen and oxygen atoms in total. The van der Waals surface area contributed by atoms with Gasteiger partial charge in [-0.05, 0) is 36.8 Å². The van der Waals surface area contributed by atoms with Crippen LogP contribution >= 0.6 is 0 Å². The topological polar surface area (TPSA) is 74.8 Å². The molecule has 2 aromatic rings. The van der Waals surface area contributed by atoms with E-state index in [1.165, 1.54) is 0 Å². The minimum absolute atomic E-state index is 0.0984. The normalized spacial score (nSPS) is 20.0. The largest absolute Gasteiger partial charge is 0.353 e. The van der Waals surface area contributed by atoms with Crippen molar-refractivity contribution in [3.8, 4) is 0 Å². The van der Waals surface area contributed by atoms with E-state index in [2.05, 4.69) is 29.1 Å². The number of amides is 1. The van der Waals surface area contributed by atoms with Crippen LogP contribution in [0.2, 0.25) is 0 Å². The SMILES string of the molecule is CC(C)[C@@H]1C[C@H]1NC(=O)CCCc1nc2ccccc2c(=O)[nH]1. The zero-order valence-corrected chi connectivity index (χ0v) is 13.6. The van der Waals surface area contributed by atoms with Crippen LogP contribution in [0.3, 0.4) is 0 Å². The van der Waals surface area contributed by atoms with E-state index < -0.39 is 0 Å². The standard InChI is InChI=1S/C18H23N3O2/c1-11(2)13-10-15(13)20-17(22)9-5-8-16-19-14-7-4-3-6-12(14)18(23)21-16/h3-4,6-7,11,13,15H,5,8-10H2,1-2H3,(H,20,22)(H,19,21,23)/t13-,15+/m0/s1. The second kappa shape index (κ2) is 6.52. The lowest BCUT2D eigenvalue weighted by atomic mass is 10.1. The number of hydrogen-bond donors (Lipinski definition) is 2. The molecule has 2 N–H and O–H groups in total. The van der Waals surface area contributed by atoms with E-state index >= 15 is 0 Å². The summed E-state index contributed by atoms with van der Waals surface area (Å²) in [4.78, 5) is 31.2. The highest BCUT2D eigenvalue weighted by Crippen LogP contribution is 2.37. The Hall–Kier alpha value is -2.17. The number of H-pyrrole nitrogens is 1. The van der Waals surface area contributed by atoms with Crippen LogP contribution in [0.15, 0.2) is 29.1 Å². The molecule has 0 aliphatic heterocycles. The van der Waals surface area contributed by atoms with Crippen LogP contribution in [-0.2, 0) is 11.2 Å².